The Morgan fingerprint density at radius 1 is 0.333 bits per heavy atom. The largest absolute Gasteiger partial charge is 0.309 e. The third kappa shape index (κ3) is 4.73. The molecule has 4 heteroatoms. The van der Waals surface area contributed by atoms with Crippen molar-refractivity contribution < 1.29 is 0 Å². The third-order valence-electron chi connectivity index (χ3n) is 12.4. The first kappa shape index (κ1) is 32.9. The molecule has 1 aliphatic heterocycles. The van der Waals surface area contributed by atoms with Gasteiger partial charge in [0.25, 0.3) is 0 Å². The summed E-state index contributed by atoms with van der Waals surface area (Å²) >= 11 is 0. The molecular formula is C56H34N4. The van der Waals surface area contributed by atoms with Gasteiger partial charge in [-0.15, -0.1) is 0 Å². The summed E-state index contributed by atoms with van der Waals surface area (Å²) in [5.41, 5.74) is 14.8. The molecule has 13 rings (SSSR count). The highest BCUT2D eigenvalue weighted by Gasteiger charge is 2.29. The molecular weight excluding hydrogens is 729 g/mol. The average Bonchev–Trinajstić information content (AvgIpc) is 3.66. The Hall–Kier alpha value is -8.08. The van der Waals surface area contributed by atoms with E-state index in [0.29, 0.717) is 0 Å². The maximum absolute atomic E-state index is 5.58. The zero-order chi connectivity index (χ0) is 39.3. The number of nitrogens with zero attached hydrogens (tertiary/aromatic N) is 4. The lowest BCUT2D eigenvalue weighted by molar-refractivity contribution is 1.18. The highest BCUT2D eigenvalue weighted by atomic mass is 15.2. The Morgan fingerprint density at radius 2 is 0.950 bits per heavy atom. The fourth-order valence-electron chi connectivity index (χ4n) is 9.92. The topological polar surface area (TPSA) is 34.0 Å². The highest BCUT2D eigenvalue weighted by molar-refractivity contribution is 6.21. The summed E-state index contributed by atoms with van der Waals surface area (Å²) in [5, 5.41) is 9.54. The third-order valence-corrected chi connectivity index (χ3v) is 12.4. The molecule has 0 saturated heterocycles. The molecule has 2 aromatic heterocycles. The number of aromatic nitrogens is 3. The van der Waals surface area contributed by atoms with Crippen LogP contribution in [-0.2, 0) is 0 Å². The Morgan fingerprint density at radius 3 is 1.78 bits per heavy atom. The zero-order valence-electron chi connectivity index (χ0n) is 32.4. The standard InChI is InChI=1S/C56H34N4/c1-2-19-38(20-3-1)59-48-28-11-8-23-42(48)54-44(25-14-30-50(54)59)55-56(58-47-27-10-9-26-46(47)57-55)45-34-39(33-37-16-5-6-21-40(37)45)60-49-29-13-18-36-17-12-24-43(52(36)49)53-41-22-7-4-15-35(41)31-32-51(53)60/h1-34H. The van der Waals surface area contributed by atoms with Crippen LogP contribution in [0.5, 0.6) is 0 Å². The van der Waals surface area contributed by atoms with Crippen LogP contribution in [0.25, 0.3) is 104 Å². The van der Waals surface area contributed by atoms with Crippen LogP contribution in [0.3, 0.4) is 0 Å². The summed E-state index contributed by atoms with van der Waals surface area (Å²) in [7, 11) is 0. The predicted octanol–water partition coefficient (Wildman–Crippen LogP) is 15.0. The van der Waals surface area contributed by atoms with Crippen LogP contribution in [-0.4, -0.2) is 14.5 Å². The molecule has 0 fully saturated rings. The van der Waals surface area contributed by atoms with Crippen molar-refractivity contribution in [2.24, 2.45) is 0 Å². The van der Waals surface area contributed by atoms with Gasteiger partial charge in [0.1, 0.15) is 0 Å². The molecule has 278 valence electrons. The van der Waals surface area contributed by atoms with E-state index in [9.17, 15) is 0 Å². The van der Waals surface area contributed by atoms with Crippen molar-refractivity contribution in [1.82, 2.24) is 14.5 Å². The van der Waals surface area contributed by atoms with E-state index in [1.165, 1.54) is 38.1 Å². The Bertz CT molecular complexity index is 3730. The van der Waals surface area contributed by atoms with Gasteiger partial charge in [-0.25, -0.2) is 9.97 Å². The summed E-state index contributed by atoms with van der Waals surface area (Å²) in [6.07, 6.45) is 0. The van der Waals surface area contributed by atoms with Gasteiger partial charge in [-0.05, 0) is 93.2 Å². The molecule has 0 aliphatic carbocycles. The van der Waals surface area contributed by atoms with E-state index in [-0.39, 0.29) is 0 Å². The van der Waals surface area contributed by atoms with Crippen molar-refractivity contribution in [2.45, 2.75) is 0 Å². The monoisotopic (exact) mass is 762 g/mol. The number of anilines is 3. The van der Waals surface area contributed by atoms with Crippen LogP contribution < -0.4 is 4.90 Å². The number of benzene rings is 10. The minimum atomic E-state index is 0.852. The second-order valence-corrected chi connectivity index (χ2v) is 15.7. The highest BCUT2D eigenvalue weighted by Crippen LogP contribution is 2.54. The van der Waals surface area contributed by atoms with Crippen molar-refractivity contribution in [3.05, 3.63) is 206 Å². The van der Waals surface area contributed by atoms with Crippen molar-refractivity contribution in [1.29, 1.82) is 0 Å². The van der Waals surface area contributed by atoms with Gasteiger partial charge in [-0.1, -0.05) is 146 Å². The van der Waals surface area contributed by atoms with Crippen LogP contribution >= 0.6 is 0 Å². The molecule has 0 radical (unpaired) electrons. The summed E-state index contributed by atoms with van der Waals surface area (Å²) in [4.78, 5) is 13.6. The summed E-state index contributed by atoms with van der Waals surface area (Å²) in [6, 6.07) is 74.3. The van der Waals surface area contributed by atoms with E-state index in [2.05, 4.69) is 210 Å². The minimum Gasteiger partial charge on any atom is -0.309 e. The van der Waals surface area contributed by atoms with Crippen molar-refractivity contribution >= 4 is 82.2 Å². The van der Waals surface area contributed by atoms with Crippen LogP contribution in [0, 0.1) is 0 Å². The second-order valence-electron chi connectivity index (χ2n) is 15.7. The second kappa shape index (κ2) is 12.7. The van der Waals surface area contributed by atoms with Crippen LogP contribution in [0.1, 0.15) is 0 Å². The van der Waals surface area contributed by atoms with Crippen LogP contribution in [0.15, 0.2) is 206 Å². The van der Waals surface area contributed by atoms with Gasteiger partial charge in [-0.3, -0.25) is 0 Å². The molecule has 12 aromatic rings. The van der Waals surface area contributed by atoms with Gasteiger partial charge >= 0.3 is 0 Å². The van der Waals surface area contributed by atoms with Crippen LogP contribution in [0.2, 0.25) is 0 Å². The number of fused-ring (bicyclic) bond motifs is 9. The molecule has 0 spiro atoms. The maximum Gasteiger partial charge on any atom is 0.0980 e. The SMILES string of the molecule is c1ccc(-n2c3ccccc3c3c(-c4nc5ccccc5nc4-c4cc(N5c6ccc7ccccc7c6-c6cccc7cccc5c67)cc5ccccc45)cccc32)cc1. The van der Waals surface area contributed by atoms with Crippen molar-refractivity contribution in [3.8, 4) is 39.3 Å². The molecule has 0 unspecified atom stereocenters. The van der Waals surface area contributed by atoms with Crippen molar-refractivity contribution in [3.63, 3.8) is 0 Å². The van der Waals surface area contributed by atoms with Crippen molar-refractivity contribution in [2.75, 3.05) is 4.90 Å². The van der Waals surface area contributed by atoms with E-state index in [1.54, 1.807) is 0 Å². The molecule has 3 heterocycles. The quantitative estimate of drug-likeness (QED) is 0.179. The molecule has 0 bridgehead atoms. The number of hydrogen-bond donors (Lipinski definition) is 0. The van der Waals surface area contributed by atoms with Gasteiger partial charge in [-0.2, -0.15) is 0 Å². The molecule has 1 aliphatic rings. The van der Waals surface area contributed by atoms with Gasteiger partial charge in [0.2, 0.25) is 0 Å². The molecule has 0 atom stereocenters. The Labute approximate surface area is 345 Å². The molecule has 0 saturated carbocycles. The first-order chi connectivity index (χ1) is 29.8. The van der Waals surface area contributed by atoms with E-state index in [4.69, 9.17) is 9.97 Å². The predicted molar refractivity (Wildman–Crippen MR) is 251 cm³/mol. The Balaban J connectivity index is 1.13. The van der Waals surface area contributed by atoms with Gasteiger partial charge in [0.05, 0.1) is 44.8 Å². The lowest BCUT2D eigenvalue weighted by Gasteiger charge is -2.34. The molecule has 10 aromatic carbocycles. The van der Waals surface area contributed by atoms with Gasteiger partial charge in [0.15, 0.2) is 0 Å². The fraction of sp³-hybridized carbons (Fsp3) is 0. The molecule has 4 nitrogen and oxygen atoms in total. The van der Waals surface area contributed by atoms with E-state index < -0.39 is 0 Å². The number of para-hydroxylation sites is 4. The molecule has 0 N–H and O–H groups in total. The van der Waals surface area contributed by atoms with E-state index >= 15 is 0 Å². The smallest absolute Gasteiger partial charge is 0.0980 e. The summed E-state index contributed by atoms with van der Waals surface area (Å²) in [5.74, 6) is 0. The van der Waals surface area contributed by atoms with Crippen LogP contribution in [0.4, 0.5) is 17.1 Å². The summed E-state index contributed by atoms with van der Waals surface area (Å²) < 4.78 is 2.37. The number of rotatable bonds is 4. The Kier molecular flexibility index (Phi) is 6.98. The van der Waals surface area contributed by atoms with E-state index in [0.717, 1.165) is 83.5 Å². The fourth-order valence-corrected chi connectivity index (χ4v) is 9.92. The lowest BCUT2D eigenvalue weighted by Crippen LogP contribution is -2.15. The van der Waals surface area contributed by atoms with Gasteiger partial charge < -0.3 is 9.47 Å². The van der Waals surface area contributed by atoms with E-state index in [1.807, 2.05) is 6.07 Å². The number of hydrogen-bond acceptors (Lipinski definition) is 3. The first-order valence-electron chi connectivity index (χ1n) is 20.5. The molecule has 0 amide bonds. The minimum absolute atomic E-state index is 0.852. The average molecular weight is 763 g/mol. The normalized spacial score (nSPS) is 12.3. The lowest BCUT2D eigenvalue weighted by atomic mass is 9.87. The van der Waals surface area contributed by atoms with Gasteiger partial charge in [0, 0.05) is 44.2 Å². The summed E-state index contributed by atoms with van der Waals surface area (Å²) in [6.45, 7) is 0. The first-order valence-corrected chi connectivity index (χ1v) is 20.5. The maximum atomic E-state index is 5.58. The zero-order valence-corrected chi connectivity index (χ0v) is 32.4. The molecule has 60 heavy (non-hydrogen) atoms.